The molecule has 0 aliphatic carbocycles. The lowest BCUT2D eigenvalue weighted by molar-refractivity contribution is 0.155. The molecule has 0 atom stereocenters. The second-order valence-corrected chi connectivity index (χ2v) is 5.80. The summed E-state index contributed by atoms with van der Waals surface area (Å²) in [6.07, 6.45) is -0.506. The minimum absolute atomic E-state index is 0.141. The summed E-state index contributed by atoms with van der Waals surface area (Å²) in [7, 11) is 0. The number of aromatic nitrogens is 1. The van der Waals surface area contributed by atoms with Crippen LogP contribution in [-0.2, 0) is 11.3 Å². The topological polar surface area (TPSA) is 51.2 Å². The molecule has 1 aromatic heterocycles. The highest BCUT2D eigenvalue weighted by atomic mass is 35.5. The summed E-state index contributed by atoms with van der Waals surface area (Å²) in [5.74, 6) is 0. The molecule has 6 heteroatoms. The summed E-state index contributed by atoms with van der Waals surface area (Å²) >= 11 is 7.50. The van der Waals surface area contributed by atoms with E-state index >= 15 is 0 Å². The van der Waals surface area contributed by atoms with Crippen molar-refractivity contribution in [1.82, 2.24) is 4.37 Å². The number of hydrogen-bond acceptors (Lipinski definition) is 4. The summed E-state index contributed by atoms with van der Waals surface area (Å²) in [5, 5.41) is 3.34. The lowest BCUT2D eigenvalue weighted by atomic mass is 10.1. The Morgan fingerprint density at radius 1 is 1.32 bits per heavy atom. The Kier molecular flexibility index (Phi) is 7.35. The molecule has 0 unspecified atom stereocenters. The van der Waals surface area contributed by atoms with Crippen molar-refractivity contribution >= 4 is 34.9 Å². The molecule has 0 aliphatic heterocycles. The van der Waals surface area contributed by atoms with Crippen LogP contribution in [0.3, 0.4) is 0 Å². The number of rotatable bonds is 3. The van der Waals surface area contributed by atoms with E-state index in [-0.39, 0.29) is 6.61 Å². The fraction of sp³-hybridized carbons (Fsp3) is 0.375. The van der Waals surface area contributed by atoms with E-state index in [1.165, 1.54) is 11.5 Å². The zero-order valence-electron chi connectivity index (χ0n) is 13.5. The lowest BCUT2D eigenvalue weighted by Crippen LogP contribution is -2.14. The fourth-order valence-corrected chi connectivity index (χ4v) is 2.60. The molecule has 1 aromatic carbocycles. The van der Waals surface area contributed by atoms with Crippen LogP contribution < -0.4 is 5.32 Å². The third kappa shape index (κ3) is 4.71. The van der Waals surface area contributed by atoms with Crippen LogP contribution in [0, 0.1) is 20.8 Å². The summed E-state index contributed by atoms with van der Waals surface area (Å²) < 4.78 is 9.35. The minimum atomic E-state index is -0.506. The predicted molar refractivity (Wildman–Crippen MR) is 92.9 cm³/mol. The SMILES string of the molecule is CC.Cc1cccc(COC(=O)Nc2c(C)nsc2C)c1Cl. The molecule has 1 heterocycles. The van der Waals surface area contributed by atoms with Crippen LogP contribution in [-0.4, -0.2) is 10.5 Å². The number of anilines is 1. The van der Waals surface area contributed by atoms with E-state index in [9.17, 15) is 4.79 Å². The molecule has 22 heavy (non-hydrogen) atoms. The van der Waals surface area contributed by atoms with Crippen molar-refractivity contribution in [2.75, 3.05) is 5.32 Å². The van der Waals surface area contributed by atoms with Crippen LogP contribution in [0.4, 0.5) is 10.5 Å². The second-order valence-electron chi connectivity index (χ2n) is 4.45. The van der Waals surface area contributed by atoms with Crippen molar-refractivity contribution in [3.05, 3.63) is 44.9 Å². The molecule has 4 nitrogen and oxygen atoms in total. The molecule has 0 radical (unpaired) electrons. The smallest absolute Gasteiger partial charge is 0.412 e. The number of nitrogens with one attached hydrogen (secondary N) is 1. The van der Waals surface area contributed by atoms with Crippen molar-refractivity contribution in [2.24, 2.45) is 0 Å². The molecule has 0 saturated heterocycles. The first-order valence-corrected chi connectivity index (χ1v) is 8.25. The van der Waals surface area contributed by atoms with E-state index in [1.807, 2.05) is 52.8 Å². The van der Waals surface area contributed by atoms with Gasteiger partial charge in [0.25, 0.3) is 0 Å². The van der Waals surface area contributed by atoms with E-state index in [1.54, 1.807) is 0 Å². The van der Waals surface area contributed by atoms with Gasteiger partial charge in [-0.25, -0.2) is 4.79 Å². The van der Waals surface area contributed by atoms with Crippen molar-refractivity contribution in [1.29, 1.82) is 0 Å². The maximum Gasteiger partial charge on any atom is 0.412 e. The number of nitrogens with zero attached hydrogens (tertiary/aromatic N) is 1. The van der Waals surface area contributed by atoms with E-state index in [4.69, 9.17) is 16.3 Å². The standard InChI is InChI=1S/C14H15ClN2O2S.C2H6/c1-8-5-4-6-11(12(8)15)7-19-14(18)16-13-9(2)17-20-10(13)3;1-2/h4-6H,7H2,1-3H3,(H,16,18);1-2H3. The average molecular weight is 341 g/mol. The average Bonchev–Trinajstić information content (AvgIpc) is 2.83. The number of aryl methyl sites for hydroxylation is 3. The van der Waals surface area contributed by atoms with Crippen LogP contribution in [0.2, 0.25) is 5.02 Å². The number of carbonyl (C=O) groups excluding carboxylic acids is 1. The van der Waals surface area contributed by atoms with Gasteiger partial charge in [0, 0.05) is 10.4 Å². The normalized spacial score (nSPS) is 9.73. The van der Waals surface area contributed by atoms with E-state index in [0.717, 1.165) is 27.4 Å². The van der Waals surface area contributed by atoms with Crippen molar-refractivity contribution in [3.8, 4) is 0 Å². The largest absolute Gasteiger partial charge is 0.444 e. The number of carbonyl (C=O) groups is 1. The Morgan fingerprint density at radius 2 is 2.00 bits per heavy atom. The van der Waals surface area contributed by atoms with Crippen LogP contribution in [0.5, 0.6) is 0 Å². The molecular formula is C16H21ClN2O2S. The Balaban J connectivity index is 0.00000116. The van der Waals surface area contributed by atoms with Gasteiger partial charge in [-0.2, -0.15) is 4.37 Å². The maximum absolute atomic E-state index is 11.8. The van der Waals surface area contributed by atoms with E-state index < -0.39 is 6.09 Å². The van der Waals surface area contributed by atoms with Gasteiger partial charge in [-0.15, -0.1) is 0 Å². The molecule has 0 spiro atoms. The molecule has 0 saturated carbocycles. The monoisotopic (exact) mass is 340 g/mol. The summed E-state index contributed by atoms with van der Waals surface area (Å²) in [6, 6.07) is 5.63. The minimum Gasteiger partial charge on any atom is -0.444 e. The van der Waals surface area contributed by atoms with E-state index in [2.05, 4.69) is 9.69 Å². The highest BCUT2D eigenvalue weighted by Crippen LogP contribution is 2.24. The third-order valence-electron chi connectivity index (χ3n) is 2.89. The van der Waals surface area contributed by atoms with Crippen molar-refractivity contribution < 1.29 is 9.53 Å². The summed E-state index contributed by atoms with van der Waals surface area (Å²) in [5.41, 5.74) is 3.26. The number of ether oxygens (including phenoxy) is 1. The Labute approximate surface area is 140 Å². The van der Waals surface area contributed by atoms with Crippen molar-refractivity contribution in [2.45, 2.75) is 41.2 Å². The van der Waals surface area contributed by atoms with Crippen molar-refractivity contribution in [3.63, 3.8) is 0 Å². The van der Waals surface area contributed by atoms with Gasteiger partial charge in [0.2, 0.25) is 0 Å². The first kappa shape index (κ1) is 18.5. The number of halogens is 1. The van der Waals surface area contributed by atoms with Gasteiger partial charge < -0.3 is 4.74 Å². The Hall–Kier alpha value is -1.59. The highest BCUT2D eigenvalue weighted by Gasteiger charge is 2.12. The van der Waals surface area contributed by atoms with Gasteiger partial charge in [-0.3, -0.25) is 5.32 Å². The van der Waals surface area contributed by atoms with Crippen LogP contribution in [0.1, 0.15) is 35.5 Å². The Morgan fingerprint density at radius 3 is 2.59 bits per heavy atom. The quantitative estimate of drug-likeness (QED) is 0.802. The predicted octanol–water partition coefficient (Wildman–Crippen LogP) is 5.50. The summed E-state index contributed by atoms with van der Waals surface area (Å²) in [6.45, 7) is 9.80. The summed E-state index contributed by atoms with van der Waals surface area (Å²) in [4.78, 5) is 12.7. The molecule has 120 valence electrons. The van der Waals surface area contributed by atoms with Gasteiger partial charge in [-0.05, 0) is 37.9 Å². The van der Waals surface area contributed by atoms with Gasteiger partial charge in [0.1, 0.15) is 6.61 Å². The van der Waals surface area contributed by atoms with Crippen LogP contribution in [0.25, 0.3) is 0 Å². The number of benzene rings is 1. The molecular weight excluding hydrogens is 320 g/mol. The number of amides is 1. The first-order valence-electron chi connectivity index (χ1n) is 7.09. The lowest BCUT2D eigenvalue weighted by Gasteiger charge is -2.09. The third-order valence-corrected chi connectivity index (χ3v) is 4.27. The maximum atomic E-state index is 11.8. The first-order chi connectivity index (χ1) is 10.5. The molecule has 0 aliphatic rings. The van der Waals surface area contributed by atoms with Crippen LogP contribution in [0.15, 0.2) is 18.2 Å². The van der Waals surface area contributed by atoms with Gasteiger partial charge in [-0.1, -0.05) is 43.6 Å². The molecule has 2 rings (SSSR count). The molecule has 0 fully saturated rings. The molecule has 0 bridgehead atoms. The fourth-order valence-electron chi connectivity index (χ4n) is 1.76. The van der Waals surface area contributed by atoms with Gasteiger partial charge in [0.15, 0.2) is 0 Å². The zero-order chi connectivity index (χ0) is 16.7. The molecule has 1 amide bonds. The van der Waals surface area contributed by atoms with E-state index in [0.29, 0.717) is 5.02 Å². The van der Waals surface area contributed by atoms with Crippen LogP contribution >= 0.6 is 23.1 Å². The zero-order valence-corrected chi connectivity index (χ0v) is 15.1. The molecule has 1 N–H and O–H groups in total. The highest BCUT2D eigenvalue weighted by molar-refractivity contribution is 7.06. The number of hydrogen-bond donors (Lipinski definition) is 1. The molecule has 2 aromatic rings. The van der Waals surface area contributed by atoms with Gasteiger partial charge >= 0.3 is 6.09 Å². The Bertz CT molecular complexity index is 622. The van der Waals surface area contributed by atoms with Gasteiger partial charge in [0.05, 0.1) is 16.4 Å². The second kappa shape index (κ2) is 8.76.